The summed E-state index contributed by atoms with van der Waals surface area (Å²) in [6, 6.07) is 0. The van der Waals surface area contributed by atoms with Crippen LogP contribution in [0.1, 0.15) is 65.2 Å². The Kier molecular flexibility index (Phi) is 3.14. The van der Waals surface area contributed by atoms with Crippen LogP contribution in [0.3, 0.4) is 0 Å². The summed E-state index contributed by atoms with van der Waals surface area (Å²) in [5, 5.41) is 10.4. The van der Waals surface area contributed by atoms with Crippen LogP contribution < -0.4 is 0 Å². The molecule has 23 heavy (non-hydrogen) atoms. The molecule has 0 aromatic carbocycles. The first kappa shape index (κ1) is 15.4. The minimum absolute atomic E-state index is 0.0317. The van der Waals surface area contributed by atoms with Gasteiger partial charge in [-0.1, -0.05) is 36.6 Å². The number of carbonyl (C=O) groups excluding carboxylic acids is 1. The van der Waals surface area contributed by atoms with Crippen LogP contribution in [0.2, 0.25) is 0 Å². The number of aliphatic hydroxyl groups is 1. The van der Waals surface area contributed by atoms with Crippen molar-refractivity contribution in [1.29, 1.82) is 0 Å². The van der Waals surface area contributed by atoms with E-state index in [2.05, 4.69) is 26.5 Å². The van der Waals surface area contributed by atoms with E-state index in [0.717, 1.165) is 44.9 Å². The highest BCUT2D eigenvalue weighted by molar-refractivity contribution is 5.92. The van der Waals surface area contributed by atoms with Crippen molar-refractivity contribution in [2.75, 3.05) is 0 Å². The number of hydrogen-bond donors (Lipinski definition) is 1. The Morgan fingerprint density at radius 1 is 1.13 bits per heavy atom. The molecule has 0 heterocycles. The van der Waals surface area contributed by atoms with Gasteiger partial charge in [-0.05, 0) is 56.4 Å². The topological polar surface area (TPSA) is 37.3 Å². The number of fused-ring (bicyclic) bond motifs is 4. The van der Waals surface area contributed by atoms with Gasteiger partial charge in [0.1, 0.15) is 0 Å². The van der Waals surface area contributed by atoms with Crippen LogP contribution in [0.25, 0.3) is 0 Å². The number of ketones is 1. The van der Waals surface area contributed by atoms with Crippen LogP contribution in [0.4, 0.5) is 0 Å². The summed E-state index contributed by atoms with van der Waals surface area (Å²) in [6.45, 7) is 8.92. The number of aliphatic hydroxyl groups excluding tert-OH is 1. The van der Waals surface area contributed by atoms with E-state index in [0.29, 0.717) is 12.2 Å². The van der Waals surface area contributed by atoms with Crippen molar-refractivity contribution in [2.45, 2.75) is 71.3 Å². The molecule has 0 saturated heterocycles. The summed E-state index contributed by atoms with van der Waals surface area (Å²) in [5.74, 6) is 0.303. The molecular formula is C21H28O2. The Morgan fingerprint density at radius 2 is 1.91 bits per heavy atom. The maximum absolute atomic E-state index is 11.9. The van der Waals surface area contributed by atoms with E-state index in [9.17, 15) is 9.90 Å². The standard InChI is InChI=1S/C21H28O2/c1-4-21-13-16(23)12-19(21,2)9-8-17-18(21)6-5-14-11-15(22)7-10-20(14,17)3/h4,11,16,23H,1,5-10,12-13H2,2-3H3/t16-,19+,20-,21-/m0/s1. The number of carbonyl (C=O) groups is 1. The van der Waals surface area contributed by atoms with Crippen LogP contribution in [0.5, 0.6) is 0 Å². The third kappa shape index (κ3) is 1.82. The molecule has 2 heteroatoms. The molecule has 0 aromatic rings. The Morgan fingerprint density at radius 3 is 2.65 bits per heavy atom. The first-order valence-corrected chi connectivity index (χ1v) is 9.13. The number of hydrogen-bond acceptors (Lipinski definition) is 2. The highest BCUT2D eigenvalue weighted by Crippen LogP contribution is 2.68. The summed E-state index contributed by atoms with van der Waals surface area (Å²) >= 11 is 0. The van der Waals surface area contributed by atoms with Gasteiger partial charge in [0.15, 0.2) is 5.78 Å². The highest BCUT2D eigenvalue weighted by atomic mass is 16.3. The lowest BCUT2D eigenvalue weighted by molar-refractivity contribution is -0.115. The van der Waals surface area contributed by atoms with Crippen LogP contribution in [0.15, 0.2) is 35.5 Å². The molecule has 1 fully saturated rings. The lowest BCUT2D eigenvalue weighted by Crippen LogP contribution is -2.44. The quantitative estimate of drug-likeness (QED) is 0.724. The minimum atomic E-state index is -0.206. The summed E-state index contributed by atoms with van der Waals surface area (Å²) in [6.07, 6.45) is 11.6. The van der Waals surface area contributed by atoms with Gasteiger partial charge in [0.2, 0.25) is 0 Å². The lowest BCUT2D eigenvalue weighted by atomic mass is 9.49. The van der Waals surface area contributed by atoms with E-state index >= 15 is 0 Å². The van der Waals surface area contributed by atoms with Crippen LogP contribution in [0, 0.1) is 16.2 Å². The molecule has 0 aliphatic heterocycles. The molecule has 0 radical (unpaired) electrons. The Bertz CT molecular complexity index is 655. The zero-order valence-electron chi connectivity index (χ0n) is 14.5. The molecule has 2 nitrogen and oxygen atoms in total. The maximum Gasteiger partial charge on any atom is 0.155 e. The normalized spacial score (nSPS) is 46.0. The van der Waals surface area contributed by atoms with Crippen LogP contribution in [-0.2, 0) is 4.79 Å². The van der Waals surface area contributed by atoms with Gasteiger partial charge in [-0.3, -0.25) is 4.79 Å². The molecule has 0 aromatic heterocycles. The van der Waals surface area contributed by atoms with Crippen molar-refractivity contribution in [1.82, 2.24) is 0 Å². The number of allylic oxidation sites excluding steroid dienone is 5. The molecule has 1 saturated carbocycles. The van der Waals surface area contributed by atoms with Crippen molar-refractivity contribution < 1.29 is 9.90 Å². The second kappa shape index (κ2) is 4.69. The van der Waals surface area contributed by atoms with Gasteiger partial charge in [-0.15, -0.1) is 6.58 Å². The van der Waals surface area contributed by atoms with Crippen molar-refractivity contribution >= 4 is 5.78 Å². The zero-order chi connectivity index (χ0) is 16.5. The van der Waals surface area contributed by atoms with Crippen LogP contribution in [-0.4, -0.2) is 17.0 Å². The third-order valence-electron chi connectivity index (χ3n) is 7.72. The van der Waals surface area contributed by atoms with E-state index in [-0.39, 0.29) is 22.3 Å². The van der Waals surface area contributed by atoms with Crippen molar-refractivity contribution in [3.8, 4) is 0 Å². The van der Waals surface area contributed by atoms with Crippen molar-refractivity contribution in [3.05, 3.63) is 35.5 Å². The molecule has 4 rings (SSSR count). The van der Waals surface area contributed by atoms with Crippen molar-refractivity contribution in [3.63, 3.8) is 0 Å². The summed E-state index contributed by atoms with van der Waals surface area (Å²) in [7, 11) is 0. The molecule has 0 amide bonds. The fourth-order valence-corrected chi connectivity index (χ4v) is 6.37. The first-order valence-electron chi connectivity index (χ1n) is 9.13. The summed E-state index contributed by atoms with van der Waals surface area (Å²) < 4.78 is 0. The van der Waals surface area contributed by atoms with E-state index in [1.54, 1.807) is 11.1 Å². The fourth-order valence-electron chi connectivity index (χ4n) is 6.37. The predicted molar refractivity (Wildman–Crippen MR) is 91.9 cm³/mol. The molecule has 0 spiro atoms. The number of rotatable bonds is 1. The third-order valence-corrected chi connectivity index (χ3v) is 7.72. The molecule has 4 aliphatic carbocycles. The Hall–Kier alpha value is -1.15. The molecule has 1 N–H and O–H groups in total. The van der Waals surface area contributed by atoms with Gasteiger partial charge in [0.25, 0.3) is 0 Å². The molecule has 4 aliphatic rings. The monoisotopic (exact) mass is 312 g/mol. The largest absolute Gasteiger partial charge is 0.393 e. The molecule has 0 unspecified atom stereocenters. The van der Waals surface area contributed by atoms with E-state index in [1.807, 2.05) is 6.08 Å². The second-order valence-electron chi connectivity index (χ2n) is 8.72. The smallest absolute Gasteiger partial charge is 0.155 e. The lowest BCUT2D eigenvalue weighted by Gasteiger charge is -2.55. The average molecular weight is 312 g/mol. The maximum atomic E-state index is 11.9. The van der Waals surface area contributed by atoms with E-state index < -0.39 is 0 Å². The van der Waals surface area contributed by atoms with E-state index in [1.165, 1.54) is 5.57 Å². The molecule has 4 atom stereocenters. The molecule has 0 bridgehead atoms. The van der Waals surface area contributed by atoms with Gasteiger partial charge < -0.3 is 5.11 Å². The zero-order valence-corrected chi connectivity index (χ0v) is 14.5. The second-order valence-corrected chi connectivity index (χ2v) is 8.72. The SMILES string of the molecule is C=C[C@@]12C[C@@H](O)C[C@@]1(C)CCC1=C2CCC2=CC(=O)CC[C@@]21C. The molecule has 124 valence electrons. The average Bonchev–Trinajstić information content (AvgIpc) is 2.78. The van der Waals surface area contributed by atoms with E-state index in [4.69, 9.17) is 0 Å². The Balaban J connectivity index is 1.90. The van der Waals surface area contributed by atoms with Crippen molar-refractivity contribution in [2.24, 2.45) is 16.2 Å². The van der Waals surface area contributed by atoms with Gasteiger partial charge in [-0.2, -0.15) is 0 Å². The minimum Gasteiger partial charge on any atom is -0.393 e. The highest BCUT2D eigenvalue weighted by Gasteiger charge is 2.59. The predicted octanol–water partition coefficient (Wildman–Crippen LogP) is 4.50. The summed E-state index contributed by atoms with van der Waals surface area (Å²) in [5.41, 5.74) is 4.69. The summed E-state index contributed by atoms with van der Waals surface area (Å²) in [4.78, 5) is 11.9. The molecular weight excluding hydrogens is 284 g/mol. The van der Waals surface area contributed by atoms with Gasteiger partial charge >= 0.3 is 0 Å². The van der Waals surface area contributed by atoms with Crippen LogP contribution >= 0.6 is 0 Å². The fraction of sp³-hybridized carbons (Fsp3) is 0.667. The Labute approximate surface area is 139 Å². The van der Waals surface area contributed by atoms with Gasteiger partial charge in [0, 0.05) is 17.3 Å². The van der Waals surface area contributed by atoms with Gasteiger partial charge in [0.05, 0.1) is 6.10 Å². The first-order chi connectivity index (χ1) is 10.8. The van der Waals surface area contributed by atoms with Gasteiger partial charge in [-0.25, -0.2) is 0 Å².